The number of rotatable bonds is 2. The van der Waals surface area contributed by atoms with Crippen molar-refractivity contribution in [2.75, 3.05) is 13.1 Å². The van der Waals surface area contributed by atoms with Crippen molar-refractivity contribution >= 4 is 18.3 Å². The SMILES string of the molecule is Cl.NC1CCN(C(=O)c2ccc(-c3cc(F)c(F)c(F)c3)cc2)CC1. The lowest BCUT2D eigenvalue weighted by molar-refractivity contribution is 0.0715. The molecular formula is C18H18ClF3N2O. The second-order valence-electron chi connectivity index (χ2n) is 5.96. The zero-order chi connectivity index (χ0) is 17.3. The molecule has 3 nitrogen and oxygen atoms in total. The first kappa shape index (κ1) is 19.3. The molecule has 0 aliphatic carbocycles. The Bertz CT molecular complexity index is 736. The van der Waals surface area contributed by atoms with Crippen molar-refractivity contribution in [3.05, 3.63) is 59.4 Å². The van der Waals surface area contributed by atoms with E-state index in [0.29, 0.717) is 24.2 Å². The van der Waals surface area contributed by atoms with Gasteiger partial charge in [-0.2, -0.15) is 0 Å². The number of nitrogens with zero attached hydrogens (tertiary/aromatic N) is 1. The fraction of sp³-hybridized carbons (Fsp3) is 0.278. The van der Waals surface area contributed by atoms with Gasteiger partial charge in [-0.05, 0) is 48.2 Å². The average Bonchev–Trinajstić information content (AvgIpc) is 2.59. The van der Waals surface area contributed by atoms with Gasteiger partial charge in [-0.25, -0.2) is 13.2 Å². The number of nitrogens with two attached hydrogens (primary N) is 1. The number of carbonyl (C=O) groups excluding carboxylic acids is 1. The zero-order valence-corrected chi connectivity index (χ0v) is 14.2. The molecule has 0 unspecified atom stereocenters. The third-order valence-corrected chi connectivity index (χ3v) is 4.28. The first-order chi connectivity index (χ1) is 11.5. The van der Waals surface area contributed by atoms with Crippen LogP contribution in [0.15, 0.2) is 36.4 Å². The lowest BCUT2D eigenvalue weighted by Crippen LogP contribution is -2.42. The number of hydrogen-bond acceptors (Lipinski definition) is 2. The number of carbonyl (C=O) groups is 1. The van der Waals surface area contributed by atoms with Crippen LogP contribution >= 0.6 is 12.4 Å². The van der Waals surface area contributed by atoms with Gasteiger partial charge in [0.25, 0.3) is 5.91 Å². The van der Waals surface area contributed by atoms with Crippen LogP contribution in [0.4, 0.5) is 13.2 Å². The first-order valence-corrected chi connectivity index (χ1v) is 7.75. The number of likely N-dealkylation sites (tertiary alicyclic amines) is 1. The van der Waals surface area contributed by atoms with Crippen LogP contribution in [0.1, 0.15) is 23.2 Å². The molecule has 0 radical (unpaired) electrons. The van der Waals surface area contributed by atoms with Crippen LogP contribution in [0.2, 0.25) is 0 Å². The fourth-order valence-electron chi connectivity index (χ4n) is 2.81. The molecule has 25 heavy (non-hydrogen) atoms. The monoisotopic (exact) mass is 370 g/mol. The Hall–Kier alpha value is -2.05. The van der Waals surface area contributed by atoms with Gasteiger partial charge in [0.05, 0.1) is 0 Å². The first-order valence-electron chi connectivity index (χ1n) is 7.75. The minimum Gasteiger partial charge on any atom is -0.339 e. The van der Waals surface area contributed by atoms with E-state index in [1.165, 1.54) is 0 Å². The standard InChI is InChI=1S/C18H17F3N2O.ClH/c19-15-9-13(10-16(20)17(15)21)11-1-3-12(4-2-11)18(24)23-7-5-14(22)6-8-23;/h1-4,9-10,14H,5-8,22H2;1H. The predicted octanol–water partition coefficient (Wildman–Crippen LogP) is 3.76. The van der Waals surface area contributed by atoms with E-state index in [2.05, 4.69) is 0 Å². The van der Waals surface area contributed by atoms with Crippen molar-refractivity contribution in [3.8, 4) is 11.1 Å². The Morgan fingerprint density at radius 2 is 1.48 bits per heavy atom. The van der Waals surface area contributed by atoms with E-state index >= 15 is 0 Å². The van der Waals surface area contributed by atoms with E-state index in [-0.39, 0.29) is 29.9 Å². The van der Waals surface area contributed by atoms with E-state index in [1.54, 1.807) is 29.2 Å². The Kier molecular flexibility index (Phi) is 6.08. The maximum Gasteiger partial charge on any atom is 0.253 e. The second-order valence-corrected chi connectivity index (χ2v) is 5.96. The summed E-state index contributed by atoms with van der Waals surface area (Å²) in [5.41, 5.74) is 7.05. The summed E-state index contributed by atoms with van der Waals surface area (Å²) >= 11 is 0. The molecule has 1 fully saturated rings. The van der Waals surface area contributed by atoms with Crippen LogP contribution in [-0.4, -0.2) is 29.9 Å². The maximum atomic E-state index is 13.3. The number of halogens is 4. The number of piperidine rings is 1. The predicted molar refractivity (Wildman–Crippen MR) is 92.1 cm³/mol. The molecule has 7 heteroatoms. The van der Waals surface area contributed by atoms with E-state index in [9.17, 15) is 18.0 Å². The molecule has 3 rings (SSSR count). The van der Waals surface area contributed by atoms with Crippen molar-refractivity contribution in [3.63, 3.8) is 0 Å². The van der Waals surface area contributed by atoms with Gasteiger partial charge in [0.1, 0.15) is 0 Å². The topological polar surface area (TPSA) is 46.3 Å². The van der Waals surface area contributed by atoms with Gasteiger partial charge in [0.15, 0.2) is 17.5 Å². The quantitative estimate of drug-likeness (QED) is 0.818. The van der Waals surface area contributed by atoms with E-state index in [1.807, 2.05) is 0 Å². The molecule has 0 aromatic heterocycles. The van der Waals surface area contributed by atoms with Crippen molar-refractivity contribution in [2.24, 2.45) is 5.73 Å². The van der Waals surface area contributed by atoms with Gasteiger partial charge < -0.3 is 10.6 Å². The Morgan fingerprint density at radius 3 is 2.00 bits per heavy atom. The van der Waals surface area contributed by atoms with Crippen molar-refractivity contribution in [2.45, 2.75) is 18.9 Å². The molecule has 0 spiro atoms. The third-order valence-electron chi connectivity index (χ3n) is 4.28. The summed E-state index contributed by atoms with van der Waals surface area (Å²) < 4.78 is 39.7. The largest absolute Gasteiger partial charge is 0.339 e. The van der Waals surface area contributed by atoms with Crippen molar-refractivity contribution < 1.29 is 18.0 Å². The van der Waals surface area contributed by atoms with Crippen LogP contribution in [0.3, 0.4) is 0 Å². The van der Waals surface area contributed by atoms with Crippen LogP contribution in [0.25, 0.3) is 11.1 Å². The molecule has 1 amide bonds. The smallest absolute Gasteiger partial charge is 0.253 e. The van der Waals surface area contributed by atoms with Crippen LogP contribution in [0, 0.1) is 17.5 Å². The maximum absolute atomic E-state index is 13.3. The molecule has 1 aliphatic heterocycles. The molecule has 1 aliphatic rings. The number of benzene rings is 2. The molecule has 0 saturated carbocycles. The zero-order valence-electron chi connectivity index (χ0n) is 13.3. The lowest BCUT2D eigenvalue weighted by atomic mass is 10.0. The molecular weight excluding hydrogens is 353 g/mol. The minimum atomic E-state index is -1.49. The molecule has 1 saturated heterocycles. The third kappa shape index (κ3) is 4.14. The van der Waals surface area contributed by atoms with Gasteiger partial charge in [-0.15, -0.1) is 12.4 Å². The summed E-state index contributed by atoms with van der Waals surface area (Å²) in [6.45, 7) is 1.24. The highest BCUT2D eigenvalue weighted by atomic mass is 35.5. The average molecular weight is 371 g/mol. The highest BCUT2D eigenvalue weighted by Gasteiger charge is 2.21. The van der Waals surface area contributed by atoms with Gasteiger partial charge >= 0.3 is 0 Å². The summed E-state index contributed by atoms with van der Waals surface area (Å²) in [4.78, 5) is 14.2. The van der Waals surface area contributed by atoms with Gasteiger partial charge in [0.2, 0.25) is 0 Å². The van der Waals surface area contributed by atoms with Gasteiger partial charge in [-0.3, -0.25) is 4.79 Å². The summed E-state index contributed by atoms with van der Waals surface area (Å²) in [6.07, 6.45) is 1.55. The van der Waals surface area contributed by atoms with Crippen LogP contribution < -0.4 is 5.73 Å². The summed E-state index contributed by atoms with van der Waals surface area (Å²) in [7, 11) is 0. The molecule has 134 valence electrons. The number of hydrogen-bond donors (Lipinski definition) is 1. The number of amides is 1. The summed E-state index contributed by atoms with van der Waals surface area (Å²) in [6, 6.07) is 8.39. The van der Waals surface area contributed by atoms with E-state index < -0.39 is 17.5 Å². The summed E-state index contributed by atoms with van der Waals surface area (Å²) in [5.74, 6) is -4.07. The fourth-order valence-corrected chi connectivity index (χ4v) is 2.81. The highest BCUT2D eigenvalue weighted by Crippen LogP contribution is 2.24. The van der Waals surface area contributed by atoms with Gasteiger partial charge in [0, 0.05) is 24.7 Å². The molecule has 0 atom stereocenters. The highest BCUT2D eigenvalue weighted by molar-refractivity contribution is 5.94. The molecule has 1 heterocycles. The molecule has 2 aromatic carbocycles. The molecule has 2 N–H and O–H groups in total. The van der Waals surface area contributed by atoms with Gasteiger partial charge in [-0.1, -0.05) is 12.1 Å². The van der Waals surface area contributed by atoms with E-state index in [4.69, 9.17) is 5.73 Å². The van der Waals surface area contributed by atoms with Crippen LogP contribution in [-0.2, 0) is 0 Å². The minimum absolute atomic E-state index is 0. The Balaban J connectivity index is 0.00000225. The second kappa shape index (κ2) is 7.89. The Labute approximate surface area is 150 Å². The molecule has 0 bridgehead atoms. The molecule has 2 aromatic rings. The summed E-state index contributed by atoms with van der Waals surface area (Å²) in [5, 5.41) is 0. The lowest BCUT2D eigenvalue weighted by Gasteiger charge is -2.30. The van der Waals surface area contributed by atoms with Crippen molar-refractivity contribution in [1.29, 1.82) is 0 Å². The van der Waals surface area contributed by atoms with E-state index in [0.717, 1.165) is 25.0 Å². The normalized spacial score (nSPS) is 15.0. The van der Waals surface area contributed by atoms with Crippen LogP contribution in [0.5, 0.6) is 0 Å². The Morgan fingerprint density at radius 1 is 0.960 bits per heavy atom. The van der Waals surface area contributed by atoms with Crippen molar-refractivity contribution in [1.82, 2.24) is 4.90 Å².